The molecule has 162 valence electrons. The number of aryl methyl sites for hydroxylation is 3. The Morgan fingerprint density at radius 2 is 1.87 bits per heavy atom. The van der Waals surface area contributed by atoms with E-state index in [1.165, 1.54) is 12.0 Å². The predicted molar refractivity (Wildman–Crippen MR) is 114 cm³/mol. The maximum absolute atomic E-state index is 12.6. The fraction of sp³-hybridized carbons (Fsp3) is 0.524. The van der Waals surface area contributed by atoms with Gasteiger partial charge < -0.3 is 14.4 Å². The van der Waals surface area contributed by atoms with E-state index in [0.717, 1.165) is 43.7 Å². The van der Waals surface area contributed by atoms with Gasteiger partial charge in [0.15, 0.2) is 0 Å². The Bertz CT molecular complexity index is 990. The van der Waals surface area contributed by atoms with Crippen LogP contribution < -0.4 is 14.4 Å². The van der Waals surface area contributed by atoms with Gasteiger partial charge in [-0.15, -0.1) is 0 Å². The van der Waals surface area contributed by atoms with Crippen LogP contribution in [0.25, 0.3) is 0 Å². The van der Waals surface area contributed by atoms with Crippen LogP contribution in [0.4, 0.5) is 5.82 Å². The van der Waals surface area contributed by atoms with Crippen molar-refractivity contribution in [2.24, 2.45) is 0 Å². The quantitative estimate of drug-likeness (QED) is 0.668. The molecule has 0 saturated carbocycles. The Hall–Kier alpha value is -2.23. The Labute approximate surface area is 177 Å². The highest BCUT2D eigenvalue weighted by atomic mass is 32.2. The molecular weight excluding hydrogens is 404 g/mol. The number of fused-ring (bicyclic) bond motifs is 1. The van der Waals surface area contributed by atoms with E-state index >= 15 is 0 Å². The number of rotatable bonds is 7. The molecule has 1 aromatic heterocycles. The van der Waals surface area contributed by atoms with Gasteiger partial charge in [0, 0.05) is 25.7 Å². The molecule has 1 aliphatic heterocycles. The zero-order valence-corrected chi connectivity index (χ0v) is 18.1. The van der Waals surface area contributed by atoms with Crippen LogP contribution in [-0.2, 0) is 27.6 Å². The summed E-state index contributed by atoms with van der Waals surface area (Å²) in [7, 11) is -3.57. The van der Waals surface area contributed by atoms with E-state index in [-0.39, 0.29) is 13.2 Å². The Kier molecular flexibility index (Phi) is 6.50. The lowest BCUT2D eigenvalue weighted by Crippen LogP contribution is -2.37. The highest BCUT2D eigenvalue weighted by molar-refractivity contribution is 7.89. The SMILES string of the molecule is Cc1nc(OCCNS(=O)(=O)c2ccc3c(c2)CCCC3)cc(N2CCOCC2)n1. The fourth-order valence-electron chi connectivity index (χ4n) is 3.85. The molecule has 2 aliphatic rings. The van der Waals surface area contributed by atoms with Gasteiger partial charge >= 0.3 is 0 Å². The normalized spacial score (nSPS) is 16.9. The number of aromatic nitrogens is 2. The molecule has 0 radical (unpaired) electrons. The number of hydrogen-bond acceptors (Lipinski definition) is 7. The second-order valence-electron chi connectivity index (χ2n) is 7.59. The molecule has 0 atom stereocenters. The number of anilines is 1. The van der Waals surface area contributed by atoms with Crippen LogP contribution in [0.2, 0.25) is 0 Å². The van der Waals surface area contributed by atoms with Gasteiger partial charge in [-0.1, -0.05) is 6.07 Å². The number of nitrogens with zero attached hydrogens (tertiary/aromatic N) is 3. The third kappa shape index (κ3) is 5.08. The molecule has 4 rings (SSSR count). The summed E-state index contributed by atoms with van der Waals surface area (Å²) in [6, 6.07) is 7.22. The zero-order valence-electron chi connectivity index (χ0n) is 17.3. The van der Waals surface area contributed by atoms with Crippen molar-refractivity contribution in [1.29, 1.82) is 0 Å². The van der Waals surface area contributed by atoms with Gasteiger partial charge in [0.1, 0.15) is 18.2 Å². The number of sulfonamides is 1. The average molecular weight is 433 g/mol. The number of morpholine rings is 1. The second-order valence-corrected chi connectivity index (χ2v) is 9.36. The van der Waals surface area contributed by atoms with Crippen molar-refractivity contribution in [3.8, 4) is 5.88 Å². The first kappa shape index (κ1) is 21.0. The number of ether oxygens (including phenoxy) is 2. The molecule has 0 bridgehead atoms. The highest BCUT2D eigenvalue weighted by Crippen LogP contribution is 2.24. The molecule has 1 N–H and O–H groups in total. The molecule has 1 aliphatic carbocycles. The maximum Gasteiger partial charge on any atom is 0.240 e. The van der Waals surface area contributed by atoms with Gasteiger partial charge in [0.05, 0.1) is 18.1 Å². The zero-order chi connectivity index (χ0) is 21.0. The van der Waals surface area contributed by atoms with Crippen molar-refractivity contribution >= 4 is 15.8 Å². The summed E-state index contributed by atoms with van der Waals surface area (Å²) in [4.78, 5) is 11.2. The van der Waals surface area contributed by atoms with Gasteiger partial charge in [0.2, 0.25) is 15.9 Å². The van der Waals surface area contributed by atoms with Crippen LogP contribution in [0, 0.1) is 6.92 Å². The van der Waals surface area contributed by atoms with Crippen LogP contribution in [0.1, 0.15) is 29.8 Å². The largest absolute Gasteiger partial charge is 0.476 e. The minimum Gasteiger partial charge on any atom is -0.476 e. The van der Waals surface area contributed by atoms with Gasteiger partial charge in [-0.2, -0.15) is 4.98 Å². The molecule has 0 spiro atoms. The lowest BCUT2D eigenvalue weighted by Gasteiger charge is -2.28. The van der Waals surface area contributed by atoms with E-state index in [4.69, 9.17) is 9.47 Å². The van der Waals surface area contributed by atoms with E-state index < -0.39 is 10.0 Å². The van der Waals surface area contributed by atoms with Crippen molar-refractivity contribution in [3.05, 3.63) is 41.2 Å². The minimum absolute atomic E-state index is 0.162. The Balaban J connectivity index is 1.34. The Morgan fingerprint density at radius 3 is 2.67 bits per heavy atom. The van der Waals surface area contributed by atoms with Crippen LogP contribution >= 0.6 is 0 Å². The number of hydrogen-bond donors (Lipinski definition) is 1. The molecule has 8 nitrogen and oxygen atoms in total. The summed E-state index contributed by atoms with van der Waals surface area (Å²) >= 11 is 0. The van der Waals surface area contributed by atoms with E-state index in [9.17, 15) is 8.42 Å². The third-order valence-corrected chi connectivity index (χ3v) is 6.87. The smallest absolute Gasteiger partial charge is 0.240 e. The average Bonchev–Trinajstić information content (AvgIpc) is 2.77. The van der Waals surface area contributed by atoms with Crippen LogP contribution in [0.15, 0.2) is 29.2 Å². The number of nitrogens with one attached hydrogen (secondary N) is 1. The van der Waals surface area contributed by atoms with E-state index in [2.05, 4.69) is 19.6 Å². The van der Waals surface area contributed by atoms with Crippen molar-refractivity contribution in [2.75, 3.05) is 44.4 Å². The molecule has 2 aromatic rings. The first-order chi connectivity index (χ1) is 14.5. The summed E-state index contributed by atoms with van der Waals surface area (Å²) in [6.07, 6.45) is 4.26. The summed E-state index contributed by atoms with van der Waals surface area (Å²) in [5, 5.41) is 0. The van der Waals surface area contributed by atoms with E-state index in [0.29, 0.717) is 29.8 Å². The van der Waals surface area contributed by atoms with Crippen molar-refractivity contribution < 1.29 is 17.9 Å². The van der Waals surface area contributed by atoms with E-state index in [1.807, 2.05) is 13.0 Å². The van der Waals surface area contributed by atoms with Crippen LogP contribution in [-0.4, -0.2) is 57.8 Å². The van der Waals surface area contributed by atoms with Crippen LogP contribution in [0.3, 0.4) is 0 Å². The first-order valence-electron chi connectivity index (χ1n) is 10.4. The van der Waals surface area contributed by atoms with Gasteiger partial charge in [-0.05, 0) is 55.9 Å². The van der Waals surface area contributed by atoms with Crippen molar-refractivity contribution in [2.45, 2.75) is 37.5 Å². The summed E-state index contributed by atoms with van der Waals surface area (Å²) in [5.74, 6) is 1.86. The summed E-state index contributed by atoms with van der Waals surface area (Å²) < 4.78 is 39.0. The van der Waals surface area contributed by atoms with Gasteiger partial charge in [0.25, 0.3) is 0 Å². The lowest BCUT2D eigenvalue weighted by molar-refractivity contribution is 0.122. The topological polar surface area (TPSA) is 93.6 Å². The molecule has 2 heterocycles. The molecule has 1 saturated heterocycles. The molecule has 0 unspecified atom stereocenters. The molecule has 30 heavy (non-hydrogen) atoms. The fourth-order valence-corrected chi connectivity index (χ4v) is 4.91. The molecule has 1 fully saturated rings. The monoisotopic (exact) mass is 432 g/mol. The van der Waals surface area contributed by atoms with Gasteiger partial charge in [-0.25, -0.2) is 18.1 Å². The molecular formula is C21H28N4O4S. The summed E-state index contributed by atoms with van der Waals surface area (Å²) in [6.45, 7) is 5.05. The number of benzene rings is 1. The molecule has 9 heteroatoms. The molecule has 0 amide bonds. The lowest BCUT2D eigenvalue weighted by atomic mass is 9.92. The van der Waals surface area contributed by atoms with Crippen molar-refractivity contribution in [1.82, 2.24) is 14.7 Å². The first-order valence-corrected chi connectivity index (χ1v) is 11.9. The summed E-state index contributed by atoms with van der Waals surface area (Å²) in [5.41, 5.74) is 2.41. The standard InChI is InChI=1S/C21H28N4O4S/c1-16-23-20(25-9-12-28-13-10-25)15-21(24-16)29-11-8-22-30(26,27)19-7-6-17-4-2-3-5-18(17)14-19/h6-7,14-15,22H,2-5,8-13H2,1H3. The predicted octanol–water partition coefficient (Wildman–Crippen LogP) is 1.86. The maximum atomic E-state index is 12.6. The minimum atomic E-state index is -3.57. The second kappa shape index (κ2) is 9.28. The highest BCUT2D eigenvalue weighted by Gasteiger charge is 2.18. The van der Waals surface area contributed by atoms with Crippen molar-refractivity contribution in [3.63, 3.8) is 0 Å². The third-order valence-electron chi connectivity index (χ3n) is 5.41. The molecule has 1 aromatic carbocycles. The van der Waals surface area contributed by atoms with Gasteiger partial charge in [-0.3, -0.25) is 0 Å². The van der Waals surface area contributed by atoms with E-state index in [1.54, 1.807) is 18.2 Å². The van der Waals surface area contributed by atoms with Crippen LogP contribution in [0.5, 0.6) is 5.88 Å². The Morgan fingerprint density at radius 1 is 1.10 bits per heavy atom.